The largest absolute Gasteiger partial charge is 0.480 e. The highest BCUT2D eigenvalue weighted by atomic mass is 35.5. The molecule has 2 aliphatic rings. The van der Waals surface area contributed by atoms with Crippen LogP contribution < -0.4 is 0 Å². The van der Waals surface area contributed by atoms with Crippen molar-refractivity contribution in [2.75, 3.05) is 19.6 Å². The third-order valence-electron chi connectivity index (χ3n) is 5.58. The number of allylic oxidation sites excluding steroid dienone is 6. The van der Waals surface area contributed by atoms with Crippen LogP contribution in [0.5, 0.6) is 0 Å². The van der Waals surface area contributed by atoms with Gasteiger partial charge < -0.3 is 10.0 Å². The normalized spacial score (nSPS) is 26.6. The van der Waals surface area contributed by atoms with Gasteiger partial charge in [-0.25, -0.2) is 4.31 Å². The lowest BCUT2D eigenvalue weighted by Gasteiger charge is -2.25. The van der Waals surface area contributed by atoms with Crippen LogP contribution in [0.1, 0.15) is 53.9 Å². The Labute approximate surface area is 227 Å². The van der Waals surface area contributed by atoms with E-state index in [2.05, 4.69) is 75.7 Å². The summed E-state index contributed by atoms with van der Waals surface area (Å²) >= 11 is 10.1. The zero-order valence-electron chi connectivity index (χ0n) is 22.0. The van der Waals surface area contributed by atoms with Crippen molar-refractivity contribution in [3.05, 3.63) is 71.3 Å². The summed E-state index contributed by atoms with van der Waals surface area (Å²) in [5.41, 5.74) is 1.27. The number of nitrogens with zero attached hydrogens (tertiary/aromatic N) is 2. The van der Waals surface area contributed by atoms with Crippen molar-refractivity contribution in [3.8, 4) is 0 Å². The van der Waals surface area contributed by atoms with Crippen molar-refractivity contribution < 1.29 is 9.90 Å². The zero-order chi connectivity index (χ0) is 26.4. The molecule has 0 radical (unpaired) electrons. The summed E-state index contributed by atoms with van der Waals surface area (Å²) in [5, 5.41) is 11.2. The monoisotopic (exact) mass is 538 g/mol. The minimum absolute atomic E-state index is 0.0253. The van der Waals surface area contributed by atoms with Crippen molar-refractivity contribution >= 4 is 41.3 Å². The molecule has 0 saturated carbocycles. The van der Waals surface area contributed by atoms with Crippen molar-refractivity contribution in [2.45, 2.75) is 70.4 Å². The van der Waals surface area contributed by atoms with Gasteiger partial charge in [-0.3, -0.25) is 4.79 Å². The number of carbonyl (C=O) groups is 1. The van der Waals surface area contributed by atoms with Gasteiger partial charge in [0, 0.05) is 34.3 Å². The summed E-state index contributed by atoms with van der Waals surface area (Å²) in [6, 6.07) is -0.0673. The molecule has 1 saturated heterocycles. The Morgan fingerprint density at radius 2 is 2.06 bits per heavy atom. The minimum atomic E-state index is -0.828. The van der Waals surface area contributed by atoms with Gasteiger partial charge in [0.2, 0.25) is 0 Å². The maximum absolute atomic E-state index is 11.4. The maximum Gasteiger partial charge on any atom is 0.323 e. The number of aliphatic carboxylic acids is 1. The fourth-order valence-corrected chi connectivity index (χ4v) is 6.37. The predicted octanol–water partition coefficient (Wildman–Crippen LogP) is 7.88. The van der Waals surface area contributed by atoms with E-state index in [9.17, 15) is 9.90 Å². The van der Waals surface area contributed by atoms with E-state index in [-0.39, 0.29) is 12.6 Å². The number of carboxylic acid groups (broad SMARTS) is 1. The van der Waals surface area contributed by atoms with Gasteiger partial charge >= 0.3 is 5.97 Å². The molecule has 7 heteroatoms. The Bertz CT molecular complexity index is 820. The van der Waals surface area contributed by atoms with E-state index in [4.69, 9.17) is 11.6 Å². The van der Waals surface area contributed by atoms with E-state index >= 15 is 0 Å². The van der Waals surface area contributed by atoms with Gasteiger partial charge in [0.05, 0.1) is 0 Å². The molecule has 0 amide bonds. The highest BCUT2D eigenvalue weighted by molar-refractivity contribution is 8.01. The number of thioether (sulfide) groups is 1. The van der Waals surface area contributed by atoms with E-state index in [0.717, 1.165) is 32.4 Å². The fraction of sp³-hybridized carbons (Fsp3) is 0.536. The van der Waals surface area contributed by atoms with Crippen LogP contribution >= 0.6 is 35.3 Å². The Hall–Kier alpha value is -1.34. The van der Waals surface area contributed by atoms with Gasteiger partial charge in [-0.1, -0.05) is 55.3 Å². The van der Waals surface area contributed by atoms with Crippen LogP contribution in [0.15, 0.2) is 71.3 Å². The lowest BCUT2D eigenvalue weighted by atomic mass is 9.97. The second-order valence-electron chi connectivity index (χ2n) is 9.03. The number of hydrogen-bond acceptors (Lipinski definition) is 5. The number of carboxylic acids is 1. The lowest BCUT2D eigenvalue weighted by Crippen LogP contribution is -2.32. The van der Waals surface area contributed by atoms with Gasteiger partial charge in [0.15, 0.2) is 0 Å². The zero-order valence-corrected chi connectivity index (χ0v) is 24.3. The predicted molar refractivity (Wildman–Crippen MR) is 158 cm³/mol. The van der Waals surface area contributed by atoms with E-state index in [1.165, 1.54) is 10.5 Å². The summed E-state index contributed by atoms with van der Waals surface area (Å²) in [5.74, 6) is -0.258. The summed E-state index contributed by atoms with van der Waals surface area (Å²) in [6.07, 6.45) is 17.6. The SMILES string of the molecule is C/C=C(\C=C/C(C)SC(C)C)SN1CCC(C/C2=C/N(CC(=O)O)C(C)/C=C(Cl)\C=C/C2)C1.C=C. The highest BCUT2D eigenvalue weighted by Crippen LogP contribution is 2.33. The third kappa shape index (κ3) is 13.0. The van der Waals surface area contributed by atoms with Crippen LogP contribution in [0.25, 0.3) is 0 Å². The van der Waals surface area contributed by atoms with Crippen LogP contribution in [0.2, 0.25) is 0 Å². The van der Waals surface area contributed by atoms with Gasteiger partial charge in [0.1, 0.15) is 6.54 Å². The molecule has 196 valence electrons. The van der Waals surface area contributed by atoms with Crippen molar-refractivity contribution in [3.63, 3.8) is 0 Å². The third-order valence-corrected chi connectivity index (χ3v) is 8.14. The molecule has 0 aromatic rings. The average Bonchev–Trinajstić information content (AvgIpc) is 3.24. The lowest BCUT2D eigenvalue weighted by molar-refractivity contribution is -0.137. The molecule has 0 spiro atoms. The molecule has 4 nitrogen and oxygen atoms in total. The Balaban J connectivity index is 0.00000298. The van der Waals surface area contributed by atoms with E-state index in [1.54, 1.807) is 0 Å². The van der Waals surface area contributed by atoms with Crippen LogP contribution in [0.4, 0.5) is 0 Å². The van der Waals surface area contributed by atoms with Crippen LogP contribution in [-0.2, 0) is 4.79 Å². The molecular formula is C28H43ClN2O2S2. The second kappa shape index (κ2) is 17.2. The van der Waals surface area contributed by atoms with Crippen LogP contribution in [0.3, 0.4) is 0 Å². The quantitative estimate of drug-likeness (QED) is 0.173. The van der Waals surface area contributed by atoms with Gasteiger partial charge in [-0.15, -0.1) is 13.2 Å². The molecule has 35 heavy (non-hydrogen) atoms. The van der Waals surface area contributed by atoms with Crippen LogP contribution in [-0.4, -0.2) is 56.5 Å². The molecule has 2 aliphatic heterocycles. The molecule has 2 rings (SSSR count). The molecule has 0 aliphatic carbocycles. The van der Waals surface area contributed by atoms with E-state index in [0.29, 0.717) is 21.5 Å². The Kier molecular flexibility index (Phi) is 15.5. The van der Waals surface area contributed by atoms with Crippen LogP contribution in [0, 0.1) is 5.92 Å². The number of hydrogen-bond donors (Lipinski definition) is 1. The second-order valence-corrected chi connectivity index (χ2v) is 12.6. The standard InChI is InChI=1S/C26H39ClN2O2S2.C2H4/c1-6-25(11-10-21(5)32-19(2)3)33-29-13-12-23(17-29)15-22-8-7-9-24(27)14-20(4)28(16-22)18-26(30)31;1-2/h6-7,9-11,14,16,19-21,23H,8,12-13,15,17-18H2,1-5H3,(H,30,31);1-2H2/b9-7-,11-10-,22-16+,24-14+,25-6+;. The first-order valence-electron chi connectivity index (χ1n) is 12.3. The number of rotatable bonds is 10. The molecule has 3 unspecified atom stereocenters. The average molecular weight is 539 g/mol. The van der Waals surface area contributed by atoms with E-state index < -0.39 is 5.97 Å². The fourth-order valence-electron chi connectivity index (χ4n) is 4.04. The molecule has 3 atom stereocenters. The van der Waals surface area contributed by atoms with Gasteiger partial charge in [-0.05, 0) is 81.5 Å². The number of halogens is 1. The summed E-state index contributed by atoms with van der Waals surface area (Å²) in [4.78, 5) is 14.6. The summed E-state index contributed by atoms with van der Waals surface area (Å²) in [6.45, 7) is 18.9. The van der Waals surface area contributed by atoms with Crippen molar-refractivity contribution in [1.82, 2.24) is 9.21 Å². The van der Waals surface area contributed by atoms with E-state index in [1.807, 2.05) is 47.7 Å². The smallest absolute Gasteiger partial charge is 0.323 e. The molecule has 0 bridgehead atoms. The molecule has 1 fully saturated rings. The molecule has 1 N–H and O–H groups in total. The first kappa shape index (κ1) is 31.7. The van der Waals surface area contributed by atoms with Gasteiger partial charge in [0.25, 0.3) is 0 Å². The molecular weight excluding hydrogens is 496 g/mol. The van der Waals surface area contributed by atoms with Crippen molar-refractivity contribution in [2.24, 2.45) is 5.92 Å². The topological polar surface area (TPSA) is 43.8 Å². The Morgan fingerprint density at radius 3 is 2.69 bits per heavy atom. The minimum Gasteiger partial charge on any atom is -0.480 e. The highest BCUT2D eigenvalue weighted by Gasteiger charge is 2.25. The first-order valence-corrected chi connectivity index (χ1v) is 14.4. The van der Waals surface area contributed by atoms with Crippen molar-refractivity contribution in [1.29, 1.82) is 0 Å². The maximum atomic E-state index is 11.4. The molecule has 0 aromatic heterocycles. The Morgan fingerprint density at radius 1 is 1.34 bits per heavy atom. The van der Waals surface area contributed by atoms with Gasteiger partial charge in [-0.2, -0.15) is 11.8 Å². The summed E-state index contributed by atoms with van der Waals surface area (Å²) < 4.78 is 2.46. The summed E-state index contributed by atoms with van der Waals surface area (Å²) in [7, 11) is 0. The molecule has 2 heterocycles. The molecule has 0 aromatic carbocycles. The first-order chi connectivity index (χ1) is 16.7.